The van der Waals surface area contributed by atoms with E-state index in [1.54, 1.807) is 18.2 Å². The number of carbonyl (C=O) groups excluding carboxylic acids is 1. The number of rotatable bonds is 6. The normalized spacial score (nSPS) is 14.4. The van der Waals surface area contributed by atoms with Gasteiger partial charge >= 0.3 is 6.09 Å². The molecule has 0 saturated carbocycles. The quantitative estimate of drug-likeness (QED) is 0.459. The van der Waals surface area contributed by atoms with Gasteiger partial charge < -0.3 is 26.0 Å². The molecule has 0 radical (unpaired) electrons. The Labute approximate surface area is 181 Å². The lowest BCUT2D eigenvalue weighted by atomic mass is 9.98. The van der Waals surface area contributed by atoms with Gasteiger partial charge in [-0.1, -0.05) is 54.6 Å². The molecule has 0 bridgehead atoms. The topological polar surface area (TPSA) is 105 Å². The molecular weight excluding hydrogens is 392 g/mol. The molecule has 6 nitrogen and oxygen atoms in total. The zero-order valence-corrected chi connectivity index (χ0v) is 17.3. The molecule has 160 valence electrons. The first-order chi connectivity index (χ1) is 14.9. The van der Waals surface area contributed by atoms with E-state index in [2.05, 4.69) is 29.6 Å². The average molecular weight is 418 g/mol. The molecule has 0 spiro atoms. The fourth-order valence-electron chi connectivity index (χ4n) is 4.19. The third-order valence-corrected chi connectivity index (χ3v) is 5.63. The highest BCUT2D eigenvalue weighted by Gasteiger charge is 2.29. The molecule has 1 amide bonds. The standard InChI is InChI=1S/C25H26N2O4/c1-15-10-16(12-17(26)11-15)24(29)23(28)13-27-25(30)31-14-22-20-8-4-2-6-18(20)19-7-3-5-9-21(19)22/h2-12,22-24,28-29H,13-14,26H2,1H3,(H,27,30). The highest BCUT2D eigenvalue weighted by atomic mass is 16.5. The largest absolute Gasteiger partial charge is 0.449 e. The number of aliphatic hydroxyl groups excluding tert-OH is 2. The van der Waals surface area contributed by atoms with E-state index < -0.39 is 18.3 Å². The number of nitrogens with two attached hydrogens (primary N) is 1. The zero-order valence-electron chi connectivity index (χ0n) is 17.3. The van der Waals surface area contributed by atoms with Gasteiger partial charge in [-0.2, -0.15) is 0 Å². The van der Waals surface area contributed by atoms with Crippen LogP contribution in [-0.4, -0.2) is 35.6 Å². The minimum Gasteiger partial charge on any atom is -0.449 e. The second-order valence-electron chi connectivity index (χ2n) is 7.90. The van der Waals surface area contributed by atoms with Crippen LogP contribution in [0.5, 0.6) is 0 Å². The van der Waals surface area contributed by atoms with Crippen LogP contribution in [0.25, 0.3) is 11.1 Å². The maximum atomic E-state index is 12.2. The van der Waals surface area contributed by atoms with E-state index in [1.165, 1.54) is 0 Å². The Bertz CT molecular complexity index is 1030. The van der Waals surface area contributed by atoms with Gasteiger partial charge in [-0.05, 0) is 52.4 Å². The number of carbonyl (C=O) groups is 1. The van der Waals surface area contributed by atoms with Gasteiger partial charge in [0.25, 0.3) is 0 Å². The third kappa shape index (κ3) is 4.40. The summed E-state index contributed by atoms with van der Waals surface area (Å²) in [6.07, 6.45) is -3.00. The van der Waals surface area contributed by atoms with Crippen molar-refractivity contribution in [3.63, 3.8) is 0 Å². The van der Waals surface area contributed by atoms with Crippen molar-refractivity contribution in [2.45, 2.75) is 25.0 Å². The van der Waals surface area contributed by atoms with Crippen molar-refractivity contribution in [3.8, 4) is 11.1 Å². The van der Waals surface area contributed by atoms with Crippen LogP contribution in [0.3, 0.4) is 0 Å². The molecular formula is C25H26N2O4. The van der Waals surface area contributed by atoms with E-state index in [0.29, 0.717) is 11.3 Å². The van der Waals surface area contributed by atoms with Gasteiger partial charge in [0.2, 0.25) is 0 Å². The number of nitrogens with one attached hydrogen (secondary N) is 1. The molecule has 4 rings (SSSR count). The fraction of sp³-hybridized carbons (Fsp3) is 0.240. The van der Waals surface area contributed by atoms with Crippen molar-refractivity contribution in [2.75, 3.05) is 18.9 Å². The number of anilines is 1. The molecule has 0 heterocycles. The molecule has 3 aromatic carbocycles. The van der Waals surface area contributed by atoms with Gasteiger partial charge in [-0.15, -0.1) is 0 Å². The molecule has 1 aliphatic rings. The third-order valence-electron chi connectivity index (χ3n) is 5.63. The van der Waals surface area contributed by atoms with Gasteiger partial charge in [-0.3, -0.25) is 0 Å². The SMILES string of the molecule is Cc1cc(N)cc(C(O)C(O)CNC(=O)OCC2c3ccccc3-c3ccccc32)c1. The first-order valence-electron chi connectivity index (χ1n) is 10.3. The van der Waals surface area contributed by atoms with Gasteiger partial charge in [0, 0.05) is 18.2 Å². The molecule has 0 saturated heterocycles. The summed E-state index contributed by atoms with van der Waals surface area (Å²) in [7, 11) is 0. The van der Waals surface area contributed by atoms with Crippen LogP contribution < -0.4 is 11.1 Å². The van der Waals surface area contributed by atoms with Gasteiger partial charge in [-0.25, -0.2) is 4.79 Å². The number of aryl methyl sites for hydroxylation is 1. The van der Waals surface area contributed by atoms with E-state index in [0.717, 1.165) is 27.8 Å². The van der Waals surface area contributed by atoms with Crippen LogP contribution in [0.4, 0.5) is 10.5 Å². The molecule has 2 atom stereocenters. The Balaban J connectivity index is 1.35. The first kappa shape index (κ1) is 20.9. The van der Waals surface area contributed by atoms with Crippen LogP contribution in [0, 0.1) is 6.92 Å². The number of amides is 1. The van der Waals surface area contributed by atoms with E-state index in [1.807, 2.05) is 31.2 Å². The molecule has 0 aliphatic heterocycles. The van der Waals surface area contributed by atoms with Gasteiger partial charge in [0.05, 0.1) is 0 Å². The Kier molecular flexibility index (Phi) is 5.93. The second-order valence-corrected chi connectivity index (χ2v) is 7.90. The molecule has 6 heteroatoms. The van der Waals surface area contributed by atoms with Crippen LogP contribution >= 0.6 is 0 Å². The number of ether oxygens (including phenoxy) is 1. The van der Waals surface area contributed by atoms with Crippen molar-refractivity contribution in [1.29, 1.82) is 0 Å². The lowest BCUT2D eigenvalue weighted by Gasteiger charge is -2.20. The Hall–Kier alpha value is -3.35. The molecule has 0 aromatic heterocycles. The summed E-state index contributed by atoms with van der Waals surface area (Å²) in [5.41, 5.74) is 12.3. The minimum atomic E-state index is -1.19. The predicted octanol–water partition coefficient (Wildman–Crippen LogP) is 3.51. The van der Waals surface area contributed by atoms with E-state index in [-0.39, 0.29) is 19.1 Å². The number of hydrogen-bond acceptors (Lipinski definition) is 5. The number of fused-ring (bicyclic) bond motifs is 3. The maximum absolute atomic E-state index is 12.2. The summed E-state index contributed by atoms with van der Waals surface area (Å²) in [4.78, 5) is 12.2. The molecule has 31 heavy (non-hydrogen) atoms. The van der Waals surface area contributed by atoms with Crippen molar-refractivity contribution in [2.24, 2.45) is 0 Å². The molecule has 2 unspecified atom stereocenters. The maximum Gasteiger partial charge on any atom is 0.407 e. The highest BCUT2D eigenvalue weighted by molar-refractivity contribution is 5.79. The Morgan fingerprint density at radius 1 is 1.03 bits per heavy atom. The van der Waals surface area contributed by atoms with E-state index in [4.69, 9.17) is 10.5 Å². The number of nitrogen functional groups attached to an aromatic ring is 1. The molecule has 1 aliphatic carbocycles. The summed E-state index contributed by atoms with van der Waals surface area (Å²) < 4.78 is 5.45. The van der Waals surface area contributed by atoms with Crippen LogP contribution in [-0.2, 0) is 4.74 Å². The lowest BCUT2D eigenvalue weighted by molar-refractivity contribution is 0.0185. The van der Waals surface area contributed by atoms with Crippen molar-refractivity contribution >= 4 is 11.8 Å². The summed E-state index contributed by atoms with van der Waals surface area (Å²) in [5, 5.41) is 23.2. The highest BCUT2D eigenvalue weighted by Crippen LogP contribution is 2.44. The van der Waals surface area contributed by atoms with E-state index in [9.17, 15) is 15.0 Å². The van der Waals surface area contributed by atoms with Crippen molar-refractivity contribution in [3.05, 3.63) is 89.0 Å². The summed E-state index contributed by atoms with van der Waals surface area (Å²) in [6, 6.07) is 21.3. The number of hydrogen-bond donors (Lipinski definition) is 4. The number of alkyl carbamates (subject to hydrolysis) is 1. The van der Waals surface area contributed by atoms with Crippen LogP contribution in [0.1, 0.15) is 34.3 Å². The Morgan fingerprint density at radius 2 is 1.65 bits per heavy atom. The summed E-state index contributed by atoms with van der Waals surface area (Å²) >= 11 is 0. The summed E-state index contributed by atoms with van der Waals surface area (Å²) in [6.45, 7) is 1.90. The molecule has 0 fully saturated rings. The lowest BCUT2D eigenvalue weighted by Crippen LogP contribution is -2.36. The monoisotopic (exact) mass is 418 g/mol. The van der Waals surface area contributed by atoms with Crippen molar-refractivity contribution in [1.82, 2.24) is 5.32 Å². The zero-order chi connectivity index (χ0) is 22.0. The van der Waals surface area contributed by atoms with Gasteiger partial charge in [0.15, 0.2) is 0 Å². The average Bonchev–Trinajstić information content (AvgIpc) is 3.08. The fourth-order valence-corrected chi connectivity index (χ4v) is 4.19. The summed E-state index contributed by atoms with van der Waals surface area (Å²) in [5.74, 6) is -0.0380. The second kappa shape index (κ2) is 8.79. The predicted molar refractivity (Wildman–Crippen MR) is 120 cm³/mol. The molecule has 5 N–H and O–H groups in total. The number of benzene rings is 3. The van der Waals surface area contributed by atoms with Crippen LogP contribution in [0.15, 0.2) is 66.7 Å². The van der Waals surface area contributed by atoms with Gasteiger partial charge in [0.1, 0.15) is 18.8 Å². The molecule has 3 aromatic rings. The van der Waals surface area contributed by atoms with E-state index >= 15 is 0 Å². The van der Waals surface area contributed by atoms with Crippen molar-refractivity contribution < 1.29 is 19.7 Å². The smallest absolute Gasteiger partial charge is 0.407 e. The Morgan fingerprint density at radius 3 is 2.26 bits per heavy atom. The van der Waals surface area contributed by atoms with Crippen LogP contribution in [0.2, 0.25) is 0 Å². The first-order valence-corrected chi connectivity index (χ1v) is 10.3. The minimum absolute atomic E-state index is 0.0380. The number of aliphatic hydroxyl groups is 2.